The van der Waals surface area contributed by atoms with Crippen LogP contribution >= 0.6 is 12.4 Å². The van der Waals surface area contributed by atoms with Crippen LogP contribution in [0.1, 0.15) is 25.5 Å². The average Bonchev–Trinajstić information content (AvgIpc) is 2.81. The van der Waals surface area contributed by atoms with Crippen molar-refractivity contribution in [2.75, 3.05) is 13.1 Å². The molecular formula is C19H23ClN4O3. The summed E-state index contributed by atoms with van der Waals surface area (Å²) in [7, 11) is 0. The fourth-order valence-corrected chi connectivity index (χ4v) is 3.05. The van der Waals surface area contributed by atoms with Gasteiger partial charge in [0.05, 0.1) is 6.04 Å². The largest absolute Gasteiger partial charge is 0.346 e. The maximum Gasteiger partial charge on any atom is 0.325 e. The van der Waals surface area contributed by atoms with Crippen molar-refractivity contribution in [2.45, 2.75) is 25.4 Å². The first kappa shape index (κ1) is 20.7. The Morgan fingerprint density at radius 3 is 2.44 bits per heavy atom. The minimum Gasteiger partial charge on any atom is -0.346 e. The molecule has 1 unspecified atom stereocenters. The maximum atomic E-state index is 12.4. The van der Waals surface area contributed by atoms with Gasteiger partial charge in [0.25, 0.3) is 5.91 Å². The highest BCUT2D eigenvalue weighted by Gasteiger charge is 2.46. The van der Waals surface area contributed by atoms with E-state index in [0.29, 0.717) is 0 Å². The lowest BCUT2D eigenvalue weighted by atomic mass is 10.0. The number of hydrogen-bond acceptors (Lipinski definition) is 4. The van der Waals surface area contributed by atoms with Gasteiger partial charge in [0.2, 0.25) is 5.91 Å². The Labute approximate surface area is 163 Å². The zero-order valence-electron chi connectivity index (χ0n) is 15.2. The standard InChI is InChI=1S/C19H22N4O3.ClH/c1-19(2)17(25)22-18(26)23(19)11-16(24)21-15(10-20)14-8-7-12-5-3-4-6-13(12)9-14;/h3-9,15H,10-11,20H2,1-2H3,(H,21,24)(H,22,25,26);1H. The summed E-state index contributed by atoms with van der Waals surface area (Å²) in [5.41, 5.74) is 5.68. The molecule has 7 nitrogen and oxygen atoms in total. The molecule has 8 heteroatoms. The van der Waals surface area contributed by atoms with Crippen LogP contribution in [0.3, 0.4) is 0 Å². The molecule has 0 spiro atoms. The zero-order chi connectivity index (χ0) is 18.9. The number of halogens is 1. The van der Waals surface area contributed by atoms with Crippen molar-refractivity contribution in [3.05, 3.63) is 48.0 Å². The van der Waals surface area contributed by atoms with Crippen LogP contribution in [0.5, 0.6) is 0 Å². The summed E-state index contributed by atoms with van der Waals surface area (Å²) < 4.78 is 0. The SMILES string of the molecule is CC1(C)C(=O)NC(=O)N1CC(=O)NC(CN)c1ccc2ccccc2c1.Cl. The van der Waals surface area contributed by atoms with Crippen molar-refractivity contribution < 1.29 is 14.4 Å². The molecule has 0 radical (unpaired) electrons. The predicted molar refractivity (Wildman–Crippen MR) is 105 cm³/mol. The van der Waals surface area contributed by atoms with Crippen molar-refractivity contribution >= 4 is 41.0 Å². The third-order valence-electron chi connectivity index (χ3n) is 4.74. The van der Waals surface area contributed by atoms with E-state index in [1.807, 2.05) is 42.5 Å². The number of carbonyl (C=O) groups is 3. The molecule has 4 N–H and O–H groups in total. The van der Waals surface area contributed by atoms with E-state index in [4.69, 9.17) is 5.73 Å². The number of nitrogens with two attached hydrogens (primary N) is 1. The Hall–Kier alpha value is -2.64. The molecule has 0 saturated carbocycles. The van der Waals surface area contributed by atoms with Crippen LogP contribution < -0.4 is 16.4 Å². The van der Waals surface area contributed by atoms with E-state index in [1.54, 1.807) is 13.8 Å². The van der Waals surface area contributed by atoms with Crippen LogP contribution in [-0.2, 0) is 9.59 Å². The Morgan fingerprint density at radius 2 is 1.85 bits per heavy atom. The summed E-state index contributed by atoms with van der Waals surface area (Å²) in [6.45, 7) is 3.21. The number of fused-ring (bicyclic) bond motifs is 1. The molecule has 4 amide bonds. The van der Waals surface area contributed by atoms with Crippen LogP contribution in [0.4, 0.5) is 4.79 Å². The zero-order valence-corrected chi connectivity index (χ0v) is 16.0. The molecule has 1 aliphatic heterocycles. The number of rotatable bonds is 5. The number of carbonyl (C=O) groups excluding carboxylic acids is 3. The van der Waals surface area contributed by atoms with Crippen LogP contribution in [0.25, 0.3) is 10.8 Å². The molecule has 1 fully saturated rings. The van der Waals surface area contributed by atoms with Gasteiger partial charge in [-0.2, -0.15) is 0 Å². The normalized spacial score (nSPS) is 16.6. The number of nitrogens with one attached hydrogen (secondary N) is 2. The van der Waals surface area contributed by atoms with Gasteiger partial charge in [-0.1, -0.05) is 36.4 Å². The van der Waals surface area contributed by atoms with Gasteiger partial charge in [0.15, 0.2) is 0 Å². The molecule has 144 valence electrons. The summed E-state index contributed by atoms with van der Waals surface area (Å²) in [4.78, 5) is 37.4. The van der Waals surface area contributed by atoms with Crippen LogP contribution in [0, 0.1) is 0 Å². The first-order valence-electron chi connectivity index (χ1n) is 8.44. The topological polar surface area (TPSA) is 105 Å². The average molecular weight is 391 g/mol. The van der Waals surface area contributed by atoms with Crippen molar-refractivity contribution in [1.29, 1.82) is 0 Å². The number of amides is 4. The van der Waals surface area contributed by atoms with E-state index in [9.17, 15) is 14.4 Å². The summed E-state index contributed by atoms with van der Waals surface area (Å²) in [6, 6.07) is 12.9. The molecule has 1 aliphatic rings. The fourth-order valence-electron chi connectivity index (χ4n) is 3.05. The second-order valence-corrected chi connectivity index (χ2v) is 6.87. The van der Waals surface area contributed by atoms with Crippen LogP contribution in [0.15, 0.2) is 42.5 Å². The third kappa shape index (κ3) is 4.04. The summed E-state index contributed by atoms with van der Waals surface area (Å²) >= 11 is 0. The molecule has 1 saturated heterocycles. The molecule has 27 heavy (non-hydrogen) atoms. The number of urea groups is 1. The highest BCUT2D eigenvalue weighted by atomic mass is 35.5. The van der Waals surface area contributed by atoms with Gasteiger partial charge in [-0.25, -0.2) is 4.79 Å². The monoisotopic (exact) mass is 390 g/mol. The fraction of sp³-hybridized carbons (Fsp3) is 0.316. The van der Waals surface area contributed by atoms with Crippen molar-refractivity contribution in [3.63, 3.8) is 0 Å². The van der Waals surface area contributed by atoms with Gasteiger partial charge in [0.1, 0.15) is 12.1 Å². The molecule has 3 rings (SSSR count). The Balaban J connectivity index is 0.00000261. The van der Waals surface area contributed by atoms with E-state index in [0.717, 1.165) is 16.3 Å². The molecule has 2 aromatic carbocycles. The lowest BCUT2D eigenvalue weighted by Crippen LogP contribution is -2.49. The first-order valence-corrected chi connectivity index (χ1v) is 8.44. The molecule has 1 heterocycles. The lowest BCUT2D eigenvalue weighted by molar-refractivity contribution is -0.127. The minimum absolute atomic E-state index is 0. The van der Waals surface area contributed by atoms with Crippen LogP contribution in [-0.4, -0.2) is 41.4 Å². The van der Waals surface area contributed by atoms with E-state index in [2.05, 4.69) is 10.6 Å². The van der Waals surface area contributed by atoms with Crippen LogP contribution in [0.2, 0.25) is 0 Å². The molecule has 0 aliphatic carbocycles. The van der Waals surface area contributed by atoms with Gasteiger partial charge < -0.3 is 16.0 Å². The highest BCUT2D eigenvalue weighted by Crippen LogP contribution is 2.22. The Morgan fingerprint density at radius 1 is 1.19 bits per heavy atom. The number of nitrogens with zero attached hydrogens (tertiary/aromatic N) is 1. The summed E-state index contributed by atoms with van der Waals surface area (Å²) in [6.07, 6.45) is 0. The van der Waals surface area contributed by atoms with Gasteiger partial charge in [-0.3, -0.25) is 14.9 Å². The highest BCUT2D eigenvalue weighted by molar-refractivity contribution is 6.07. The Kier molecular flexibility index (Phi) is 6.08. The van der Waals surface area contributed by atoms with Crippen molar-refractivity contribution in [2.24, 2.45) is 5.73 Å². The minimum atomic E-state index is -1.06. The first-order chi connectivity index (χ1) is 12.3. The van der Waals surface area contributed by atoms with Gasteiger partial charge in [-0.15, -0.1) is 12.4 Å². The van der Waals surface area contributed by atoms with Crippen molar-refractivity contribution in [1.82, 2.24) is 15.5 Å². The summed E-state index contributed by atoms with van der Waals surface area (Å²) in [5, 5.41) is 7.24. The molecule has 0 bridgehead atoms. The smallest absolute Gasteiger partial charge is 0.325 e. The van der Waals surface area contributed by atoms with E-state index in [1.165, 1.54) is 4.90 Å². The predicted octanol–water partition coefficient (Wildman–Crippen LogP) is 1.71. The maximum absolute atomic E-state index is 12.4. The van der Waals surface area contributed by atoms with E-state index in [-0.39, 0.29) is 37.4 Å². The molecular weight excluding hydrogens is 368 g/mol. The quantitative estimate of drug-likeness (QED) is 0.676. The second kappa shape index (κ2) is 7.94. The van der Waals surface area contributed by atoms with E-state index < -0.39 is 17.5 Å². The molecule has 2 aromatic rings. The van der Waals surface area contributed by atoms with Gasteiger partial charge in [0, 0.05) is 6.54 Å². The molecule has 0 aromatic heterocycles. The second-order valence-electron chi connectivity index (χ2n) is 6.87. The molecule has 1 atom stereocenters. The Bertz CT molecular complexity index is 884. The number of hydrogen-bond donors (Lipinski definition) is 3. The summed E-state index contributed by atoms with van der Waals surface area (Å²) in [5.74, 6) is -0.785. The van der Waals surface area contributed by atoms with E-state index >= 15 is 0 Å². The number of imide groups is 1. The van der Waals surface area contributed by atoms with Gasteiger partial charge >= 0.3 is 6.03 Å². The van der Waals surface area contributed by atoms with Gasteiger partial charge in [-0.05, 0) is 36.2 Å². The van der Waals surface area contributed by atoms with Crippen molar-refractivity contribution in [3.8, 4) is 0 Å². The third-order valence-corrected chi connectivity index (χ3v) is 4.74. The lowest BCUT2D eigenvalue weighted by Gasteiger charge is -2.28. The number of benzene rings is 2.